The zero-order valence-corrected chi connectivity index (χ0v) is 19.7. The molecule has 32 heavy (non-hydrogen) atoms. The first kappa shape index (κ1) is 22.7. The quantitative estimate of drug-likeness (QED) is 0.321. The number of hydrogen-bond donors (Lipinski definition) is 0. The molecule has 1 aromatic carbocycles. The molecule has 0 N–H and O–H groups in total. The molecule has 9 nitrogen and oxygen atoms in total. The van der Waals surface area contributed by atoms with Crippen LogP contribution in [0.1, 0.15) is 33.1 Å². The van der Waals surface area contributed by atoms with Crippen LogP contribution < -0.4 is 4.90 Å². The van der Waals surface area contributed by atoms with Crippen LogP contribution in [0.2, 0.25) is 0 Å². The molecule has 0 amide bonds. The number of aromatic nitrogens is 7. The lowest BCUT2D eigenvalue weighted by atomic mass is 10.2. The lowest BCUT2D eigenvalue weighted by molar-refractivity contribution is 0.121. The van der Waals surface area contributed by atoms with Gasteiger partial charge in [0.1, 0.15) is 0 Å². The van der Waals surface area contributed by atoms with E-state index >= 15 is 0 Å². The van der Waals surface area contributed by atoms with Crippen LogP contribution in [0.5, 0.6) is 0 Å². The van der Waals surface area contributed by atoms with Crippen LogP contribution in [0.4, 0.5) is 5.95 Å². The average molecular weight is 457 g/mol. The molecule has 0 bridgehead atoms. The molecule has 1 fully saturated rings. The van der Waals surface area contributed by atoms with Crippen molar-refractivity contribution >= 4 is 17.7 Å². The van der Waals surface area contributed by atoms with E-state index < -0.39 is 0 Å². The average Bonchev–Trinajstić information content (AvgIpc) is 3.44. The van der Waals surface area contributed by atoms with Gasteiger partial charge in [-0.15, -0.1) is 20.4 Å². The second-order valence-electron chi connectivity index (χ2n) is 8.37. The Balaban J connectivity index is 1.22. The highest BCUT2D eigenvalue weighted by atomic mass is 32.2. The van der Waals surface area contributed by atoms with Crippen molar-refractivity contribution in [3.63, 3.8) is 0 Å². The van der Waals surface area contributed by atoms with Crippen LogP contribution >= 0.6 is 11.8 Å². The van der Waals surface area contributed by atoms with Crippen molar-refractivity contribution in [2.75, 3.05) is 37.0 Å². The van der Waals surface area contributed by atoms with E-state index in [1.54, 1.807) is 16.6 Å². The van der Waals surface area contributed by atoms with Crippen LogP contribution in [-0.2, 0) is 17.8 Å². The Kier molecular flexibility index (Phi) is 8.11. The smallest absolute Gasteiger partial charge is 0.228 e. The molecule has 0 spiro atoms. The molecular formula is C22H32N8OS. The van der Waals surface area contributed by atoms with Crippen LogP contribution in [0.15, 0.2) is 35.5 Å². The fourth-order valence-electron chi connectivity index (χ4n) is 3.65. The first-order valence-electron chi connectivity index (χ1n) is 11.4. The van der Waals surface area contributed by atoms with Gasteiger partial charge in [0.15, 0.2) is 5.16 Å². The summed E-state index contributed by atoms with van der Waals surface area (Å²) in [5.74, 6) is 3.23. The summed E-state index contributed by atoms with van der Waals surface area (Å²) in [7, 11) is 0. The predicted octanol–water partition coefficient (Wildman–Crippen LogP) is 3.39. The van der Waals surface area contributed by atoms with Gasteiger partial charge in [0.05, 0.1) is 19.8 Å². The van der Waals surface area contributed by atoms with Crippen LogP contribution in [0.25, 0.3) is 11.4 Å². The number of tetrazole rings is 1. The van der Waals surface area contributed by atoms with E-state index in [4.69, 9.17) is 4.74 Å². The SMILES string of the molecule is CC(C)Cn1c(SCCCCCn2nnc(-c3ccccc3)n2)nnc1N1CCOCC1. The van der Waals surface area contributed by atoms with Crippen molar-refractivity contribution in [2.24, 2.45) is 5.92 Å². The zero-order valence-electron chi connectivity index (χ0n) is 18.9. The van der Waals surface area contributed by atoms with E-state index in [0.717, 1.165) is 81.1 Å². The Morgan fingerprint density at radius 2 is 1.81 bits per heavy atom. The Morgan fingerprint density at radius 3 is 2.59 bits per heavy atom. The first-order chi connectivity index (χ1) is 15.7. The van der Waals surface area contributed by atoms with Gasteiger partial charge in [-0.25, -0.2) is 0 Å². The number of hydrogen-bond acceptors (Lipinski definition) is 8. The lowest BCUT2D eigenvalue weighted by Gasteiger charge is -2.28. The lowest BCUT2D eigenvalue weighted by Crippen LogP contribution is -2.38. The molecule has 1 aliphatic rings. The second-order valence-corrected chi connectivity index (χ2v) is 9.43. The van der Waals surface area contributed by atoms with Crippen molar-refractivity contribution in [1.82, 2.24) is 35.0 Å². The van der Waals surface area contributed by atoms with E-state index in [1.807, 2.05) is 30.3 Å². The number of morpholine rings is 1. The van der Waals surface area contributed by atoms with Gasteiger partial charge < -0.3 is 9.64 Å². The summed E-state index contributed by atoms with van der Waals surface area (Å²) in [5.41, 5.74) is 0.997. The molecule has 0 radical (unpaired) electrons. The number of rotatable bonds is 11. The monoisotopic (exact) mass is 456 g/mol. The minimum absolute atomic E-state index is 0.543. The number of benzene rings is 1. The molecule has 10 heteroatoms. The Bertz CT molecular complexity index is 952. The molecule has 1 saturated heterocycles. The van der Waals surface area contributed by atoms with Gasteiger partial charge in [0.25, 0.3) is 0 Å². The Hall–Kier alpha value is -2.46. The number of thioether (sulfide) groups is 1. The number of nitrogens with zero attached hydrogens (tertiary/aromatic N) is 8. The van der Waals surface area contributed by atoms with Crippen molar-refractivity contribution in [1.29, 1.82) is 0 Å². The van der Waals surface area contributed by atoms with Gasteiger partial charge in [-0.1, -0.05) is 62.4 Å². The van der Waals surface area contributed by atoms with Gasteiger partial charge in [-0.3, -0.25) is 4.57 Å². The van der Waals surface area contributed by atoms with Gasteiger partial charge in [0.2, 0.25) is 11.8 Å². The second kappa shape index (κ2) is 11.4. The van der Waals surface area contributed by atoms with Crippen molar-refractivity contribution in [2.45, 2.75) is 51.4 Å². The minimum Gasteiger partial charge on any atom is -0.378 e. The maximum atomic E-state index is 5.49. The predicted molar refractivity (Wildman–Crippen MR) is 126 cm³/mol. The standard InChI is InChI=1S/C22H32N8OS/c1-18(2)17-29-21(28-12-14-31-15-13-28)24-25-22(29)32-16-8-4-7-11-30-26-20(23-27-30)19-9-5-3-6-10-19/h3,5-6,9-10,18H,4,7-8,11-17H2,1-2H3. The maximum absolute atomic E-state index is 5.49. The van der Waals surface area contributed by atoms with Gasteiger partial charge in [-0.2, -0.15) is 4.80 Å². The largest absolute Gasteiger partial charge is 0.378 e. The van der Waals surface area contributed by atoms with E-state index in [0.29, 0.717) is 11.7 Å². The molecule has 0 unspecified atom stereocenters. The van der Waals surface area contributed by atoms with E-state index in [2.05, 4.69) is 48.9 Å². The third kappa shape index (κ3) is 6.07. The molecule has 172 valence electrons. The highest BCUT2D eigenvalue weighted by Crippen LogP contribution is 2.25. The molecule has 0 aliphatic carbocycles. The van der Waals surface area contributed by atoms with Gasteiger partial charge in [-0.05, 0) is 24.0 Å². The molecule has 0 saturated carbocycles. The summed E-state index contributed by atoms with van der Waals surface area (Å²) in [6.07, 6.45) is 3.26. The number of ether oxygens (including phenoxy) is 1. The summed E-state index contributed by atoms with van der Waals surface area (Å²) in [6, 6.07) is 9.96. The molecule has 3 heterocycles. The summed E-state index contributed by atoms with van der Waals surface area (Å²) in [5, 5.41) is 22.9. The zero-order chi connectivity index (χ0) is 22.2. The molecule has 2 aromatic heterocycles. The number of unbranched alkanes of at least 4 members (excludes halogenated alkanes) is 2. The van der Waals surface area contributed by atoms with Crippen LogP contribution in [0, 0.1) is 5.92 Å². The third-order valence-corrected chi connectivity index (χ3v) is 6.31. The molecular weight excluding hydrogens is 424 g/mol. The molecule has 1 aliphatic heterocycles. The number of aryl methyl sites for hydroxylation is 1. The topological polar surface area (TPSA) is 86.8 Å². The Labute approximate surface area is 193 Å². The summed E-state index contributed by atoms with van der Waals surface area (Å²) in [4.78, 5) is 3.99. The molecule has 3 aromatic rings. The first-order valence-corrected chi connectivity index (χ1v) is 12.4. The van der Waals surface area contributed by atoms with E-state index in [-0.39, 0.29) is 0 Å². The summed E-state index contributed by atoms with van der Waals surface area (Å²) >= 11 is 1.80. The van der Waals surface area contributed by atoms with Gasteiger partial charge in [0, 0.05) is 31.0 Å². The molecule has 4 rings (SSSR count). The maximum Gasteiger partial charge on any atom is 0.228 e. The van der Waals surface area contributed by atoms with Crippen molar-refractivity contribution < 1.29 is 4.74 Å². The third-order valence-electron chi connectivity index (χ3n) is 5.26. The summed E-state index contributed by atoms with van der Waals surface area (Å²) < 4.78 is 7.77. The van der Waals surface area contributed by atoms with Crippen molar-refractivity contribution in [3.05, 3.63) is 30.3 Å². The Morgan fingerprint density at radius 1 is 1.00 bits per heavy atom. The van der Waals surface area contributed by atoms with E-state index in [1.165, 1.54) is 0 Å². The highest BCUT2D eigenvalue weighted by Gasteiger charge is 2.21. The fraction of sp³-hybridized carbons (Fsp3) is 0.591. The summed E-state index contributed by atoms with van der Waals surface area (Å²) in [6.45, 7) is 9.46. The van der Waals surface area contributed by atoms with Crippen LogP contribution in [-0.4, -0.2) is 67.0 Å². The fourth-order valence-corrected chi connectivity index (χ4v) is 4.59. The number of anilines is 1. The minimum atomic E-state index is 0.543. The van der Waals surface area contributed by atoms with Crippen LogP contribution in [0.3, 0.4) is 0 Å². The normalized spacial score (nSPS) is 14.4. The van der Waals surface area contributed by atoms with Crippen molar-refractivity contribution in [3.8, 4) is 11.4 Å². The van der Waals surface area contributed by atoms with Gasteiger partial charge >= 0.3 is 0 Å². The van der Waals surface area contributed by atoms with E-state index in [9.17, 15) is 0 Å². The molecule has 0 atom stereocenters. The highest BCUT2D eigenvalue weighted by molar-refractivity contribution is 7.99.